The van der Waals surface area contributed by atoms with Crippen molar-refractivity contribution in [1.29, 1.82) is 0 Å². The third kappa shape index (κ3) is 4.68. The van der Waals surface area contributed by atoms with E-state index < -0.39 is 17.8 Å². The molecule has 2 amide bonds. The van der Waals surface area contributed by atoms with Gasteiger partial charge in [0.25, 0.3) is 0 Å². The largest absolute Gasteiger partial charge is 0.481 e. The Balaban J connectivity index is 2.71. The molecule has 0 atom stereocenters. The Labute approximate surface area is 122 Å². The lowest BCUT2D eigenvalue weighted by Gasteiger charge is -2.17. The van der Waals surface area contributed by atoms with Gasteiger partial charge in [-0.3, -0.25) is 4.79 Å². The monoisotopic (exact) mass is 352 g/mol. The summed E-state index contributed by atoms with van der Waals surface area (Å²) in [6, 6.07) is 1.84. The van der Waals surface area contributed by atoms with E-state index >= 15 is 0 Å². The second-order valence-corrected chi connectivity index (χ2v) is 5.00. The number of hydrogen-bond acceptors (Lipinski definition) is 2. The topological polar surface area (TPSA) is 69.6 Å². The lowest BCUT2D eigenvalue weighted by molar-refractivity contribution is -0.137. The number of carboxylic acid groups (broad SMARTS) is 1. The summed E-state index contributed by atoms with van der Waals surface area (Å²) in [4.78, 5) is 23.3. The fraction of sp³-hybridized carbons (Fsp3) is 0.273. The first kappa shape index (κ1) is 15.7. The number of halogens is 3. The summed E-state index contributed by atoms with van der Waals surface area (Å²) in [6.07, 6.45) is -0.174. The van der Waals surface area contributed by atoms with E-state index in [4.69, 9.17) is 16.7 Å². The number of carbonyl (C=O) groups excluding carboxylic acids is 1. The van der Waals surface area contributed by atoms with Crippen LogP contribution in [0.3, 0.4) is 0 Å². The van der Waals surface area contributed by atoms with Gasteiger partial charge in [0, 0.05) is 19.7 Å². The molecule has 0 aliphatic heterocycles. The summed E-state index contributed by atoms with van der Waals surface area (Å²) < 4.78 is 13.5. The lowest BCUT2D eigenvalue weighted by Crippen LogP contribution is -2.33. The number of urea groups is 1. The fourth-order valence-electron chi connectivity index (χ4n) is 1.19. The number of aliphatic carboxylic acids is 1. The van der Waals surface area contributed by atoms with Crippen molar-refractivity contribution in [1.82, 2.24) is 4.90 Å². The van der Waals surface area contributed by atoms with Crippen LogP contribution in [0.15, 0.2) is 16.6 Å². The van der Waals surface area contributed by atoms with Gasteiger partial charge in [-0.2, -0.15) is 0 Å². The summed E-state index contributed by atoms with van der Waals surface area (Å²) in [5.41, 5.74) is 0.120. The van der Waals surface area contributed by atoms with Gasteiger partial charge in [-0.05, 0) is 22.0 Å². The molecule has 0 aliphatic rings. The molecule has 1 aromatic carbocycles. The van der Waals surface area contributed by atoms with Crippen LogP contribution < -0.4 is 5.32 Å². The van der Waals surface area contributed by atoms with Gasteiger partial charge in [0.1, 0.15) is 5.82 Å². The predicted molar refractivity (Wildman–Crippen MR) is 73.0 cm³/mol. The minimum absolute atomic E-state index is 0.0395. The van der Waals surface area contributed by atoms with Crippen molar-refractivity contribution in [3.63, 3.8) is 0 Å². The zero-order valence-corrected chi connectivity index (χ0v) is 12.3. The molecule has 0 saturated heterocycles. The highest BCUT2D eigenvalue weighted by molar-refractivity contribution is 9.10. The first-order valence-electron chi connectivity index (χ1n) is 5.19. The second-order valence-electron chi connectivity index (χ2n) is 3.74. The number of amides is 2. The van der Waals surface area contributed by atoms with Crippen molar-refractivity contribution in [2.24, 2.45) is 0 Å². The van der Waals surface area contributed by atoms with E-state index in [-0.39, 0.29) is 28.1 Å². The van der Waals surface area contributed by atoms with Gasteiger partial charge in [0.2, 0.25) is 0 Å². The molecule has 0 fully saturated rings. The molecule has 1 aromatic rings. The number of rotatable bonds is 4. The molecule has 0 heterocycles. The normalized spacial score (nSPS) is 10.1. The van der Waals surface area contributed by atoms with Crippen molar-refractivity contribution in [3.05, 3.63) is 27.4 Å². The molecule has 0 unspecified atom stereocenters. The van der Waals surface area contributed by atoms with Crippen molar-refractivity contribution in [2.45, 2.75) is 6.42 Å². The molecule has 0 aromatic heterocycles. The third-order valence-corrected chi connectivity index (χ3v) is 3.18. The summed E-state index contributed by atoms with van der Waals surface area (Å²) in [6.45, 7) is 0.0395. The SMILES string of the molecule is CN(CCC(=O)O)C(=O)Nc1cc(F)c(Br)cc1Cl. The average molecular weight is 354 g/mol. The van der Waals surface area contributed by atoms with Crippen molar-refractivity contribution < 1.29 is 19.1 Å². The smallest absolute Gasteiger partial charge is 0.321 e. The molecule has 1 rings (SSSR count). The number of hydrogen-bond donors (Lipinski definition) is 2. The third-order valence-electron chi connectivity index (χ3n) is 2.26. The van der Waals surface area contributed by atoms with Crippen LogP contribution in [0.5, 0.6) is 0 Å². The Hall–Kier alpha value is -1.34. The van der Waals surface area contributed by atoms with Crippen LogP contribution >= 0.6 is 27.5 Å². The molecule has 8 heteroatoms. The number of carboxylic acids is 1. The highest BCUT2D eigenvalue weighted by Crippen LogP contribution is 2.28. The molecule has 104 valence electrons. The minimum atomic E-state index is -1.01. The van der Waals surface area contributed by atoms with E-state index in [9.17, 15) is 14.0 Å². The zero-order valence-electron chi connectivity index (χ0n) is 9.91. The van der Waals surface area contributed by atoms with Crippen LogP contribution in [0.1, 0.15) is 6.42 Å². The van der Waals surface area contributed by atoms with Crippen molar-refractivity contribution in [3.8, 4) is 0 Å². The molecule has 0 radical (unpaired) electrons. The standard InChI is InChI=1S/C11H11BrClFN2O3/c1-16(3-2-10(17)18)11(19)15-9-5-8(14)6(12)4-7(9)13/h4-5H,2-3H2,1H3,(H,15,19)(H,17,18). The van der Waals surface area contributed by atoms with E-state index in [0.717, 1.165) is 6.07 Å². The van der Waals surface area contributed by atoms with E-state index in [1.165, 1.54) is 18.0 Å². The van der Waals surface area contributed by atoms with Crippen LogP contribution in [-0.4, -0.2) is 35.6 Å². The summed E-state index contributed by atoms with van der Waals surface area (Å²) in [5.74, 6) is -1.57. The van der Waals surface area contributed by atoms with Crippen LogP contribution in [-0.2, 0) is 4.79 Å². The molecule has 19 heavy (non-hydrogen) atoms. The van der Waals surface area contributed by atoms with Gasteiger partial charge in [0.15, 0.2) is 0 Å². The number of carbonyl (C=O) groups is 2. The predicted octanol–water partition coefficient (Wildman–Crippen LogP) is 3.18. The van der Waals surface area contributed by atoms with Crippen LogP contribution in [0.4, 0.5) is 14.9 Å². The minimum Gasteiger partial charge on any atom is -0.481 e. The average Bonchev–Trinajstić information content (AvgIpc) is 2.32. The van der Waals surface area contributed by atoms with Gasteiger partial charge in [-0.1, -0.05) is 11.6 Å². The Kier molecular flexibility index (Phi) is 5.56. The first-order chi connectivity index (χ1) is 8.81. The van der Waals surface area contributed by atoms with Gasteiger partial charge in [0.05, 0.1) is 21.6 Å². The van der Waals surface area contributed by atoms with Gasteiger partial charge >= 0.3 is 12.0 Å². The van der Waals surface area contributed by atoms with E-state index in [1.807, 2.05) is 0 Å². The van der Waals surface area contributed by atoms with E-state index in [2.05, 4.69) is 21.2 Å². The van der Waals surface area contributed by atoms with E-state index in [0.29, 0.717) is 0 Å². The quantitative estimate of drug-likeness (QED) is 0.817. The fourth-order valence-corrected chi connectivity index (χ4v) is 1.88. The van der Waals surface area contributed by atoms with Gasteiger partial charge in [-0.25, -0.2) is 9.18 Å². The molecule has 0 aliphatic carbocycles. The molecule has 0 saturated carbocycles. The van der Waals surface area contributed by atoms with E-state index in [1.54, 1.807) is 0 Å². The Morgan fingerprint density at radius 2 is 2.16 bits per heavy atom. The highest BCUT2D eigenvalue weighted by Gasteiger charge is 2.13. The Bertz CT molecular complexity index is 513. The molecule has 5 nitrogen and oxygen atoms in total. The molecule has 0 spiro atoms. The number of nitrogens with zero attached hydrogens (tertiary/aromatic N) is 1. The molecule has 0 bridgehead atoms. The number of benzene rings is 1. The number of nitrogens with one attached hydrogen (secondary N) is 1. The summed E-state index contributed by atoms with van der Waals surface area (Å²) >= 11 is 8.82. The van der Waals surface area contributed by atoms with Gasteiger partial charge < -0.3 is 15.3 Å². The maximum Gasteiger partial charge on any atom is 0.321 e. The summed E-state index contributed by atoms with van der Waals surface area (Å²) in [5, 5.41) is 11.1. The maximum atomic E-state index is 13.3. The second kappa shape index (κ2) is 6.72. The first-order valence-corrected chi connectivity index (χ1v) is 6.37. The summed E-state index contributed by atoms with van der Waals surface area (Å²) in [7, 11) is 1.43. The lowest BCUT2D eigenvalue weighted by atomic mass is 10.3. The molecular weight excluding hydrogens is 342 g/mol. The Morgan fingerprint density at radius 3 is 2.74 bits per heavy atom. The highest BCUT2D eigenvalue weighted by atomic mass is 79.9. The maximum absolute atomic E-state index is 13.3. The zero-order chi connectivity index (χ0) is 14.6. The van der Waals surface area contributed by atoms with Crippen LogP contribution in [0.2, 0.25) is 5.02 Å². The van der Waals surface area contributed by atoms with Crippen molar-refractivity contribution in [2.75, 3.05) is 18.9 Å². The molecule has 2 N–H and O–H groups in total. The molecular formula is C11H11BrClFN2O3. The van der Waals surface area contributed by atoms with Crippen LogP contribution in [0.25, 0.3) is 0 Å². The Morgan fingerprint density at radius 1 is 1.53 bits per heavy atom. The van der Waals surface area contributed by atoms with Crippen LogP contribution in [0, 0.1) is 5.82 Å². The number of anilines is 1. The van der Waals surface area contributed by atoms with Gasteiger partial charge in [-0.15, -0.1) is 0 Å². The van der Waals surface area contributed by atoms with Crippen molar-refractivity contribution >= 4 is 45.2 Å².